The first-order chi connectivity index (χ1) is 19.4. The summed E-state index contributed by atoms with van der Waals surface area (Å²) in [5.74, 6) is -1.90. The number of carbonyl (C=O) groups is 1. The van der Waals surface area contributed by atoms with E-state index in [0.29, 0.717) is 11.1 Å². The van der Waals surface area contributed by atoms with E-state index in [2.05, 4.69) is 27.7 Å². The zero-order chi connectivity index (χ0) is 28.6. The van der Waals surface area contributed by atoms with Crippen LogP contribution in [0.2, 0.25) is 0 Å². The van der Waals surface area contributed by atoms with Crippen LogP contribution in [-0.2, 0) is 30.5 Å². The lowest BCUT2D eigenvalue weighted by atomic mass is 9.75. The number of aryl methyl sites for hydroxylation is 4. The molecule has 4 rings (SSSR count). The highest BCUT2D eigenvalue weighted by Crippen LogP contribution is 2.41. The van der Waals surface area contributed by atoms with Gasteiger partial charge in [0.2, 0.25) is 0 Å². The van der Waals surface area contributed by atoms with E-state index in [4.69, 9.17) is 0 Å². The molecule has 0 saturated heterocycles. The van der Waals surface area contributed by atoms with Gasteiger partial charge in [0, 0.05) is 0 Å². The van der Waals surface area contributed by atoms with Crippen molar-refractivity contribution in [3.8, 4) is 0 Å². The molecule has 0 heterocycles. The fraction of sp³-hybridized carbons (Fsp3) is 0.324. The third-order valence-electron chi connectivity index (χ3n) is 8.20. The summed E-state index contributed by atoms with van der Waals surface area (Å²) in [6, 6.07) is 31.6. The van der Waals surface area contributed by atoms with Gasteiger partial charge in [0.25, 0.3) is 0 Å². The zero-order valence-corrected chi connectivity index (χ0v) is 24.2. The molecule has 0 amide bonds. The van der Waals surface area contributed by atoms with Crippen LogP contribution in [0, 0.1) is 0 Å². The number of aliphatic hydroxyl groups is 2. The summed E-state index contributed by atoms with van der Waals surface area (Å²) in [5, 5.41) is 23.6. The predicted octanol–water partition coefficient (Wildman–Crippen LogP) is 7.84. The molecular formula is C37H42O3. The van der Waals surface area contributed by atoms with E-state index >= 15 is 0 Å². The average molecular weight is 535 g/mol. The lowest BCUT2D eigenvalue weighted by Gasteiger charge is -2.30. The van der Waals surface area contributed by atoms with Crippen LogP contribution in [0.25, 0.3) is 0 Å². The van der Waals surface area contributed by atoms with Crippen LogP contribution in [0.5, 0.6) is 0 Å². The molecule has 40 heavy (non-hydrogen) atoms. The topological polar surface area (TPSA) is 57.5 Å². The summed E-state index contributed by atoms with van der Waals surface area (Å²) in [5.41, 5.74) is 7.56. The highest BCUT2D eigenvalue weighted by Gasteiger charge is 2.39. The Morgan fingerprint density at radius 2 is 0.675 bits per heavy atom. The molecule has 4 aromatic rings. The second-order valence-corrected chi connectivity index (χ2v) is 10.6. The van der Waals surface area contributed by atoms with Crippen LogP contribution >= 0.6 is 0 Å². The molecule has 4 unspecified atom stereocenters. The van der Waals surface area contributed by atoms with Crippen LogP contribution in [-0.4, -0.2) is 16.0 Å². The van der Waals surface area contributed by atoms with Crippen LogP contribution < -0.4 is 0 Å². The highest BCUT2D eigenvalue weighted by atomic mass is 16.3. The van der Waals surface area contributed by atoms with E-state index in [1.54, 1.807) is 0 Å². The maximum Gasteiger partial charge on any atom is 0.153 e. The van der Waals surface area contributed by atoms with Crippen molar-refractivity contribution in [3.05, 3.63) is 142 Å². The zero-order valence-electron chi connectivity index (χ0n) is 24.2. The van der Waals surface area contributed by atoms with Crippen molar-refractivity contribution in [2.75, 3.05) is 0 Å². The molecule has 3 nitrogen and oxygen atoms in total. The molecule has 0 radical (unpaired) electrons. The molecular weight excluding hydrogens is 492 g/mol. The normalized spacial score (nSPS) is 14.3. The molecule has 4 atom stereocenters. The number of hydrogen-bond donors (Lipinski definition) is 2. The molecule has 0 fully saturated rings. The van der Waals surface area contributed by atoms with E-state index in [1.165, 1.54) is 22.3 Å². The molecule has 2 N–H and O–H groups in total. The van der Waals surface area contributed by atoms with Gasteiger partial charge in [-0.1, -0.05) is 125 Å². The van der Waals surface area contributed by atoms with E-state index < -0.39 is 24.0 Å². The third kappa shape index (κ3) is 6.60. The average Bonchev–Trinajstić information content (AvgIpc) is 3.02. The number of Topliss-reactive ketones (excluding diaryl/α,β-unsaturated/α-hetero) is 1. The van der Waals surface area contributed by atoms with Gasteiger partial charge in [0.1, 0.15) is 0 Å². The fourth-order valence-electron chi connectivity index (χ4n) is 5.41. The van der Waals surface area contributed by atoms with Crippen molar-refractivity contribution in [2.45, 2.75) is 77.4 Å². The number of hydrogen-bond acceptors (Lipinski definition) is 3. The summed E-state index contributed by atoms with van der Waals surface area (Å²) in [4.78, 5) is 14.7. The number of carbonyl (C=O) groups excluding carboxylic acids is 1. The monoisotopic (exact) mass is 534 g/mol. The fourth-order valence-corrected chi connectivity index (χ4v) is 5.41. The smallest absolute Gasteiger partial charge is 0.153 e. The van der Waals surface area contributed by atoms with Gasteiger partial charge >= 0.3 is 0 Å². The van der Waals surface area contributed by atoms with Crippen molar-refractivity contribution in [3.63, 3.8) is 0 Å². The van der Waals surface area contributed by atoms with E-state index in [1.807, 2.05) is 97.1 Å². The second kappa shape index (κ2) is 13.7. The number of benzene rings is 4. The van der Waals surface area contributed by atoms with Crippen molar-refractivity contribution in [2.24, 2.45) is 0 Å². The highest BCUT2D eigenvalue weighted by molar-refractivity contribution is 5.93. The molecule has 0 aromatic heterocycles. The minimum atomic E-state index is -1.06. The first kappa shape index (κ1) is 29.5. The molecule has 0 aliphatic carbocycles. The van der Waals surface area contributed by atoms with Gasteiger partial charge in [-0.2, -0.15) is 0 Å². The second-order valence-electron chi connectivity index (χ2n) is 10.6. The summed E-state index contributed by atoms with van der Waals surface area (Å²) in [7, 11) is 0. The SMILES string of the molecule is CCc1ccc(C(O)C(C(=O)C(c2ccc(CC)cc2)C(O)c2ccc(CC)cc2)c2ccc(CC)cc2)cc1. The standard InChI is InChI=1S/C37H42O3/c1-5-25-9-17-29(18-10-25)33(35(38)31-21-13-27(7-3)14-22-31)37(40)34(30-19-11-26(6-2)12-20-30)36(39)32-23-15-28(8-4)16-24-32/h9-24,33-36,38-39H,5-8H2,1-4H3. The van der Waals surface area contributed by atoms with Crippen molar-refractivity contribution in [1.82, 2.24) is 0 Å². The molecule has 0 aliphatic heterocycles. The number of rotatable bonds is 12. The number of aliphatic hydroxyl groups excluding tert-OH is 2. The summed E-state index contributed by atoms with van der Waals surface area (Å²) >= 11 is 0. The van der Waals surface area contributed by atoms with Crippen LogP contribution in [0.1, 0.15) is 96.2 Å². The van der Waals surface area contributed by atoms with Gasteiger partial charge in [-0.15, -0.1) is 0 Å². The van der Waals surface area contributed by atoms with Gasteiger partial charge < -0.3 is 10.2 Å². The number of ketones is 1. The molecule has 0 bridgehead atoms. The Kier molecular flexibility index (Phi) is 10.1. The van der Waals surface area contributed by atoms with Crippen LogP contribution in [0.15, 0.2) is 97.1 Å². The maximum atomic E-state index is 14.7. The van der Waals surface area contributed by atoms with E-state index in [-0.39, 0.29) is 5.78 Å². The van der Waals surface area contributed by atoms with Gasteiger partial charge in [-0.05, 0) is 70.2 Å². The van der Waals surface area contributed by atoms with E-state index in [0.717, 1.165) is 36.8 Å². The van der Waals surface area contributed by atoms with Crippen molar-refractivity contribution in [1.29, 1.82) is 0 Å². The predicted molar refractivity (Wildman–Crippen MR) is 164 cm³/mol. The van der Waals surface area contributed by atoms with E-state index in [9.17, 15) is 15.0 Å². The summed E-state index contributed by atoms with van der Waals surface area (Å²) in [6.45, 7) is 8.38. The minimum Gasteiger partial charge on any atom is -0.387 e. The molecule has 0 spiro atoms. The van der Waals surface area contributed by atoms with Gasteiger partial charge in [-0.25, -0.2) is 0 Å². The first-order valence-corrected chi connectivity index (χ1v) is 14.6. The molecule has 0 aliphatic rings. The summed E-state index contributed by atoms with van der Waals surface area (Å²) < 4.78 is 0. The Morgan fingerprint density at radius 3 is 0.900 bits per heavy atom. The van der Waals surface area contributed by atoms with Gasteiger partial charge in [0.15, 0.2) is 5.78 Å². The van der Waals surface area contributed by atoms with Gasteiger partial charge in [-0.3, -0.25) is 4.79 Å². The largest absolute Gasteiger partial charge is 0.387 e. The minimum absolute atomic E-state index is 0.201. The van der Waals surface area contributed by atoms with Crippen molar-refractivity contribution < 1.29 is 15.0 Å². The lowest BCUT2D eigenvalue weighted by molar-refractivity contribution is -0.127. The maximum absolute atomic E-state index is 14.7. The Hall–Kier alpha value is -3.53. The lowest BCUT2D eigenvalue weighted by Crippen LogP contribution is -2.29. The van der Waals surface area contributed by atoms with Crippen molar-refractivity contribution >= 4 is 5.78 Å². The summed E-state index contributed by atoms with van der Waals surface area (Å²) in [6.07, 6.45) is 1.46. The van der Waals surface area contributed by atoms with Crippen LogP contribution in [0.4, 0.5) is 0 Å². The molecule has 4 aromatic carbocycles. The third-order valence-corrected chi connectivity index (χ3v) is 8.20. The molecule has 208 valence electrons. The first-order valence-electron chi connectivity index (χ1n) is 14.6. The molecule has 3 heteroatoms. The molecule has 0 saturated carbocycles. The Balaban J connectivity index is 1.82. The Bertz CT molecular complexity index is 1250. The Labute approximate surface area is 239 Å². The quantitative estimate of drug-likeness (QED) is 0.195. The Morgan fingerprint density at radius 1 is 0.450 bits per heavy atom. The van der Waals surface area contributed by atoms with Gasteiger partial charge in [0.05, 0.1) is 24.0 Å². The van der Waals surface area contributed by atoms with Crippen LogP contribution in [0.3, 0.4) is 0 Å².